The fourth-order valence-electron chi connectivity index (χ4n) is 3.34. The summed E-state index contributed by atoms with van der Waals surface area (Å²) in [5, 5.41) is 12.5. The van der Waals surface area contributed by atoms with Crippen LogP contribution in [-0.2, 0) is 10.1 Å². The molecule has 0 saturated carbocycles. The van der Waals surface area contributed by atoms with E-state index in [0.29, 0.717) is 5.69 Å². The van der Waals surface area contributed by atoms with Crippen LogP contribution in [0.15, 0.2) is 59.5 Å². The van der Waals surface area contributed by atoms with E-state index in [0.717, 1.165) is 6.07 Å². The Morgan fingerprint density at radius 2 is 1.50 bits per heavy atom. The number of nitrogens with one attached hydrogen (secondary N) is 1. The number of ketones is 2. The second kappa shape index (κ2) is 7.86. The van der Waals surface area contributed by atoms with Gasteiger partial charge in [0.2, 0.25) is 0 Å². The van der Waals surface area contributed by atoms with Crippen molar-refractivity contribution in [1.82, 2.24) is 0 Å². The summed E-state index contributed by atoms with van der Waals surface area (Å²) in [4.78, 5) is 25.5. The molecule has 4 rings (SSSR count). The Kier molecular flexibility index (Phi) is 5.76. The van der Waals surface area contributed by atoms with Gasteiger partial charge in [0.15, 0.2) is 11.6 Å². The third-order valence-corrected chi connectivity index (χ3v) is 5.50. The molecule has 30 heavy (non-hydrogen) atoms. The van der Waals surface area contributed by atoms with E-state index in [2.05, 4.69) is 5.32 Å². The van der Waals surface area contributed by atoms with Gasteiger partial charge in [-0.25, -0.2) is 0 Å². The van der Waals surface area contributed by atoms with Crippen LogP contribution >= 0.6 is 0 Å². The van der Waals surface area contributed by atoms with E-state index in [1.54, 1.807) is 18.2 Å². The quantitative estimate of drug-likeness (QED) is 0.198. The van der Waals surface area contributed by atoms with Crippen LogP contribution in [0.5, 0.6) is 5.75 Å². The number of aromatic hydroxyl groups is 1. The molecule has 0 saturated heterocycles. The first-order valence-corrected chi connectivity index (χ1v) is 9.81. The van der Waals surface area contributed by atoms with E-state index in [1.807, 2.05) is 0 Å². The predicted octanol–water partition coefficient (Wildman–Crippen LogP) is -0.143. The molecule has 148 valence electrons. The Bertz CT molecular complexity index is 1330. The van der Waals surface area contributed by atoms with Crippen LogP contribution in [0.1, 0.15) is 33.3 Å². The SMILES string of the molecule is Nc1c(S(=O)(=O)O)cc(Nc2cccc(O)c2)c2c1C(=O)c1ccccc1C2=O.[H-].[Na+]. The van der Waals surface area contributed by atoms with Crippen LogP contribution < -0.4 is 40.6 Å². The van der Waals surface area contributed by atoms with Gasteiger partial charge in [0.25, 0.3) is 10.1 Å². The molecule has 0 spiro atoms. The van der Waals surface area contributed by atoms with Gasteiger partial charge in [-0.1, -0.05) is 30.3 Å². The van der Waals surface area contributed by atoms with E-state index in [1.165, 1.54) is 30.3 Å². The van der Waals surface area contributed by atoms with E-state index < -0.39 is 32.3 Å². The zero-order valence-electron chi connectivity index (χ0n) is 16.7. The van der Waals surface area contributed by atoms with Gasteiger partial charge in [0.05, 0.1) is 22.5 Å². The molecule has 1 aliphatic rings. The third kappa shape index (κ3) is 3.62. The minimum absolute atomic E-state index is 0. The number of hydrogen-bond acceptors (Lipinski definition) is 7. The van der Waals surface area contributed by atoms with E-state index in [4.69, 9.17) is 5.73 Å². The molecule has 0 radical (unpaired) electrons. The van der Waals surface area contributed by atoms with Gasteiger partial charge in [-0.2, -0.15) is 8.42 Å². The van der Waals surface area contributed by atoms with E-state index in [9.17, 15) is 27.7 Å². The molecule has 0 amide bonds. The van der Waals surface area contributed by atoms with Gasteiger partial charge in [-0.3, -0.25) is 14.1 Å². The smallest absolute Gasteiger partial charge is 1.00 e. The number of anilines is 3. The molecule has 0 bridgehead atoms. The molecular weight excluding hydrogens is 419 g/mol. The standard InChI is InChI=1S/C20H14N2O6S.Na.H/c21-18-15(29(26,27)28)9-14(22-10-4-3-5-11(23)8-10)16-17(18)20(25)13-7-2-1-6-12(13)19(16)24;;/h1-9,22-23H,21H2,(H,26,27,28);;/q;+1;-1. The van der Waals surface area contributed by atoms with Crippen molar-refractivity contribution in [2.45, 2.75) is 4.90 Å². The van der Waals surface area contributed by atoms with Crippen LogP contribution in [-0.4, -0.2) is 29.6 Å². The first-order valence-electron chi connectivity index (χ1n) is 8.37. The second-order valence-electron chi connectivity index (χ2n) is 6.44. The Labute approximate surface area is 195 Å². The fourth-order valence-corrected chi connectivity index (χ4v) is 3.99. The number of fused-ring (bicyclic) bond motifs is 2. The number of phenols is 1. The Morgan fingerprint density at radius 1 is 0.900 bits per heavy atom. The van der Waals surface area contributed by atoms with Crippen molar-refractivity contribution in [3.05, 3.63) is 76.9 Å². The van der Waals surface area contributed by atoms with Crippen molar-refractivity contribution in [1.29, 1.82) is 0 Å². The van der Waals surface area contributed by atoms with Gasteiger partial charge in [0.1, 0.15) is 10.6 Å². The maximum atomic E-state index is 13.1. The molecule has 3 aromatic rings. The Morgan fingerprint density at radius 3 is 2.07 bits per heavy atom. The average molecular weight is 434 g/mol. The third-order valence-electron chi connectivity index (χ3n) is 4.60. The van der Waals surface area contributed by atoms with Gasteiger partial charge in [-0.15, -0.1) is 0 Å². The summed E-state index contributed by atoms with van der Waals surface area (Å²) in [7, 11) is -4.79. The largest absolute Gasteiger partial charge is 1.00 e. The first-order chi connectivity index (χ1) is 13.7. The molecule has 0 atom stereocenters. The molecule has 10 heteroatoms. The van der Waals surface area contributed by atoms with E-state index >= 15 is 0 Å². The van der Waals surface area contributed by atoms with Crippen molar-refractivity contribution in [3.8, 4) is 5.75 Å². The summed E-state index contributed by atoms with van der Waals surface area (Å²) in [6.07, 6.45) is 0. The van der Waals surface area contributed by atoms with Crippen LogP contribution in [0.2, 0.25) is 0 Å². The van der Waals surface area contributed by atoms with Gasteiger partial charge >= 0.3 is 29.6 Å². The number of carbonyl (C=O) groups is 2. The summed E-state index contributed by atoms with van der Waals surface area (Å²) in [6.45, 7) is 0. The predicted molar refractivity (Wildman–Crippen MR) is 106 cm³/mol. The molecule has 0 heterocycles. The average Bonchev–Trinajstić information content (AvgIpc) is 2.66. The maximum absolute atomic E-state index is 13.1. The number of benzene rings is 3. The van der Waals surface area contributed by atoms with E-state index in [-0.39, 0.29) is 64.7 Å². The number of nitrogens with two attached hydrogens (primary N) is 1. The zero-order chi connectivity index (χ0) is 20.9. The van der Waals surface area contributed by atoms with Gasteiger partial charge < -0.3 is 17.6 Å². The molecule has 1 aliphatic carbocycles. The monoisotopic (exact) mass is 434 g/mol. The molecule has 0 unspecified atom stereocenters. The number of carbonyl (C=O) groups excluding carboxylic acids is 2. The van der Waals surface area contributed by atoms with Crippen molar-refractivity contribution in [2.75, 3.05) is 11.1 Å². The minimum atomic E-state index is -4.79. The van der Waals surface area contributed by atoms with Crippen molar-refractivity contribution >= 4 is 38.7 Å². The number of rotatable bonds is 3. The Hall–Kier alpha value is -2.69. The van der Waals surface area contributed by atoms with Crippen LogP contribution in [0.4, 0.5) is 17.1 Å². The molecule has 0 aromatic heterocycles. The summed E-state index contributed by atoms with van der Waals surface area (Å²) >= 11 is 0. The number of hydrogen-bond donors (Lipinski definition) is 4. The summed E-state index contributed by atoms with van der Waals surface area (Å²) < 4.78 is 33.3. The number of nitrogen functional groups attached to an aromatic ring is 1. The summed E-state index contributed by atoms with van der Waals surface area (Å²) in [5.41, 5.74) is 5.53. The molecule has 8 nitrogen and oxygen atoms in total. The van der Waals surface area contributed by atoms with Crippen LogP contribution in [0.25, 0.3) is 0 Å². The second-order valence-corrected chi connectivity index (χ2v) is 7.83. The van der Waals surface area contributed by atoms with Crippen molar-refractivity contribution in [3.63, 3.8) is 0 Å². The van der Waals surface area contributed by atoms with Crippen molar-refractivity contribution in [2.24, 2.45) is 0 Å². The van der Waals surface area contributed by atoms with Gasteiger partial charge in [-0.05, 0) is 18.2 Å². The topological polar surface area (TPSA) is 147 Å². The van der Waals surface area contributed by atoms with Gasteiger partial charge in [0, 0.05) is 22.9 Å². The molecule has 0 fully saturated rings. The zero-order valence-corrected chi connectivity index (χ0v) is 18.5. The van der Waals surface area contributed by atoms with Crippen LogP contribution in [0.3, 0.4) is 0 Å². The number of phenolic OH excluding ortho intramolecular Hbond substituents is 1. The Balaban J connectivity index is 0.00000171. The fraction of sp³-hybridized carbons (Fsp3) is 0. The molecular formula is C20H15N2NaO6S. The van der Waals surface area contributed by atoms with Crippen LogP contribution in [0, 0.1) is 0 Å². The minimum Gasteiger partial charge on any atom is -1.00 e. The molecule has 5 N–H and O–H groups in total. The maximum Gasteiger partial charge on any atom is 1.00 e. The first kappa shape index (κ1) is 22.0. The van der Waals surface area contributed by atoms with Crippen molar-refractivity contribution < 1.29 is 58.7 Å². The molecule has 0 aliphatic heterocycles. The summed E-state index contributed by atoms with van der Waals surface area (Å²) in [6, 6.07) is 13.0. The summed E-state index contributed by atoms with van der Waals surface area (Å²) in [5.74, 6) is -1.22. The molecule has 3 aromatic carbocycles. The normalized spacial score (nSPS) is 12.6.